The average molecular weight is 338 g/mol. The van der Waals surface area contributed by atoms with Crippen molar-refractivity contribution in [1.82, 2.24) is 20.5 Å². The molecule has 0 saturated heterocycles. The Morgan fingerprint density at radius 2 is 1.88 bits per heavy atom. The molecule has 0 radical (unpaired) electrons. The number of hydrogen-bond acceptors (Lipinski definition) is 4. The molecule has 0 bridgehead atoms. The van der Waals surface area contributed by atoms with Crippen LogP contribution < -0.4 is 5.32 Å². The highest BCUT2D eigenvalue weighted by molar-refractivity contribution is 7.99. The highest BCUT2D eigenvalue weighted by Gasteiger charge is 2.08. The maximum atomic E-state index is 11.9. The molecule has 5 nitrogen and oxygen atoms in total. The lowest BCUT2D eigenvalue weighted by molar-refractivity contribution is -0.118. The summed E-state index contributed by atoms with van der Waals surface area (Å²) >= 11 is 1.32. The lowest BCUT2D eigenvalue weighted by Crippen LogP contribution is -2.24. The Morgan fingerprint density at radius 3 is 2.62 bits per heavy atom. The Labute approximate surface area is 144 Å². The van der Waals surface area contributed by atoms with Gasteiger partial charge in [-0.3, -0.25) is 9.89 Å². The SMILES string of the molecule is Cc1ccc(CNC(=O)CSc2n[nH]c(-c3ccccc3)n2)cc1. The van der Waals surface area contributed by atoms with Crippen LogP contribution in [-0.4, -0.2) is 26.8 Å². The summed E-state index contributed by atoms with van der Waals surface area (Å²) in [6.07, 6.45) is 0. The average Bonchev–Trinajstić information content (AvgIpc) is 3.09. The van der Waals surface area contributed by atoms with Gasteiger partial charge in [0.1, 0.15) is 0 Å². The highest BCUT2D eigenvalue weighted by atomic mass is 32.2. The molecule has 24 heavy (non-hydrogen) atoms. The second kappa shape index (κ2) is 7.79. The van der Waals surface area contributed by atoms with Crippen molar-refractivity contribution in [3.05, 3.63) is 65.7 Å². The predicted octanol–water partition coefficient (Wildman–Crippen LogP) is 3.19. The van der Waals surface area contributed by atoms with Crippen molar-refractivity contribution in [2.75, 3.05) is 5.75 Å². The minimum atomic E-state index is -0.0355. The smallest absolute Gasteiger partial charge is 0.230 e. The number of amides is 1. The van der Waals surface area contributed by atoms with Gasteiger partial charge < -0.3 is 5.32 Å². The molecule has 0 aliphatic rings. The molecule has 3 rings (SSSR count). The van der Waals surface area contributed by atoms with Gasteiger partial charge in [0.2, 0.25) is 11.1 Å². The summed E-state index contributed by atoms with van der Waals surface area (Å²) in [6, 6.07) is 17.9. The van der Waals surface area contributed by atoms with E-state index in [1.807, 2.05) is 61.5 Å². The zero-order chi connectivity index (χ0) is 16.8. The summed E-state index contributed by atoms with van der Waals surface area (Å²) < 4.78 is 0. The number of hydrogen-bond donors (Lipinski definition) is 2. The standard InChI is InChI=1S/C18H18N4OS/c1-13-7-9-14(10-8-13)11-19-16(23)12-24-18-20-17(21-22-18)15-5-3-2-4-6-15/h2-10H,11-12H2,1H3,(H,19,23)(H,20,21,22). The number of carbonyl (C=O) groups is 1. The molecule has 2 N–H and O–H groups in total. The van der Waals surface area contributed by atoms with E-state index in [1.165, 1.54) is 17.3 Å². The Bertz CT molecular complexity index is 799. The highest BCUT2D eigenvalue weighted by Crippen LogP contribution is 2.18. The predicted molar refractivity (Wildman–Crippen MR) is 95.6 cm³/mol. The van der Waals surface area contributed by atoms with Crippen molar-refractivity contribution in [2.24, 2.45) is 0 Å². The molecular formula is C18H18N4OS. The third kappa shape index (κ3) is 4.45. The van der Waals surface area contributed by atoms with Gasteiger partial charge in [-0.15, -0.1) is 5.10 Å². The van der Waals surface area contributed by atoms with Crippen molar-refractivity contribution >= 4 is 17.7 Å². The number of thioether (sulfide) groups is 1. The zero-order valence-corrected chi connectivity index (χ0v) is 14.1. The summed E-state index contributed by atoms with van der Waals surface area (Å²) in [5.74, 6) is 0.961. The first-order valence-corrected chi connectivity index (χ1v) is 8.62. The molecule has 0 fully saturated rings. The van der Waals surface area contributed by atoms with E-state index < -0.39 is 0 Å². The van der Waals surface area contributed by atoms with Crippen LogP contribution in [0.2, 0.25) is 0 Å². The number of carbonyl (C=O) groups excluding carboxylic acids is 1. The fourth-order valence-electron chi connectivity index (χ4n) is 2.12. The number of H-pyrrole nitrogens is 1. The van der Waals surface area contributed by atoms with Crippen molar-refractivity contribution < 1.29 is 4.79 Å². The molecule has 0 saturated carbocycles. The number of nitrogens with one attached hydrogen (secondary N) is 2. The van der Waals surface area contributed by atoms with E-state index in [1.54, 1.807) is 0 Å². The molecule has 1 aromatic heterocycles. The van der Waals surface area contributed by atoms with E-state index in [0.29, 0.717) is 17.5 Å². The zero-order valence-electron chi connectivity index (χ0n) is 13.3. The van der Waals surface area contributed by atoms with E-state index in [0.717, 1.165) is 11.1 Å². The number of aromatic nitrogens is 3. The largest absolute Gasteiger partial charge is 0.351 e. The van der Waals surface area contributed by atoms with Crippen molar-refractivity contribution in [1.29, 1.82) is 0 Å². The first-order valence-electron chi connectivity index (χ1n) is 7.63. The number of nitrogens with zero attached hydrogens (tertiary/aromatic N) is 2. The Hall–Kier alpha value is -2.60. The van der Waals surface area contributed by atoms with Crippen molar-refractivity contribution in [3.63, 3.8) is 0 Å². The van der Waals surface area contributed by atoms with Gasteiger partial charge in [-0.1, -0.05) is 71.9 Å². The minimum absolute atomic E-state index is 0.0355. The molecule has 0 aliphatic heterocycles. The van der Waals surface area contributed by atoms with Crippen LogP contribution in [0.15, 0.2) is 59.8 Å². The summed E-state index contributed by atoms with van der Waals surface area (Å²) in [6.45, 7) is 2.57. The number of aromatic amines is 1. The quantitative estimate of drug-likeness (QED) is 0.677. The normalized spacial score (nSPS) is 10.5. The molecule has 3 aromatic rings. The van der Waals surface area contributed by atoms with Gasteiger partial charge in [0.25, 0.3) is 0 Å². The fraction of sp³-hybridized carbons (Fsp3) is 0.167. The van der Waals surface area contributed by atoms with Crippen LogP contribution in [0.25, 0.3) is 11.4 Å². The van der Waals surface area contributed by atoms with Crippen LogP contribution in [0.1, 0.15) is 11.1 Å². The van der Waals surface area contributed by atoms with Gasteiger partial charge in [0, 0.05) is 12.1 Å². The van der Waals surface area contributed by atoms with Gasteiger partial charge in [-0.2, -0.15) is 0 Å². The summed E-state index contributed by atoms with van der Waals surface area (Å²) in [4.78, 5) is 16.3. The fourth-order valence-corrected chi connectivity index (χ4v) is 2.75. The monoisotopic (exact) mass is 338 g/mol. The molecule has 6 heteroatoms. The van der Waals surface area contributed by atoms with Crippen LogP contribution in [0.4, 0.5) is 0 Å². The molecule has 122 valence electrons. The van der Waals surface area contributed by atoms with Gasteiger partial charge >= 0.3 is 0 Å². The first kappa shape index (κ1) is 16.3. The molecular weight excluding hydrogens is 320 g/mol. The second-order valence-electron chi connectivity index (χ2n) is 5.38. The van der Waals surface area contributed by atoms with E-state index in [4.69, 9.17) is 0 Å². The van der Waals surface area contributed by atoms with Gasteiger partial charge in [-0.05, 0) is 12.5 Å². The van der Waals surface area contributed by atoms with E-state index in [9.17, 15) is 4.79 Å². The van der Waals surface area contributed by atoms with Gasteiger partial charge in [0.05, 0.1) is 5.75 Å². The number of rotatable bonds is 6. The first-order chi connectivity index (χ1) is 11.7. The van der Waals surface area contributed by atoms with Crippen molar-refractivity contribution in [3.8, 4) is 11.4 Å². The maximum Gasteiger partial charge on any atom is 0.230 e. The lowest BCUT2D eigenvalue weighted by Gasteiger charge is -2.04. The van der Waals surface area contributed by atoms with Gasteiger partial charge in [0.15, 0.2) is 5.82 Å². The molecule has 0 aliphatic carbocycles. The van der Waals surface area contributed by atoms with Crippen LogP contribution in [0.3, 0.4) is 0 Å². The van der Waals surface area contributed by atoms with Gasteiger partial charge in [-0.25, -0.2) is 4.98 Å². The maximum absolute atomic E-state index is 11.9. The number of benzene rings is 2. The Balaban J connectivity index is 1.48. The molecule has 0 spiro atoms. The minimum Gasteiger partial charge on any atom is -0.351 e. The van der Waals surface area contributed by atoms with E-state index in [2.05, 4.69) is 20.5 Å². The van der Waals surface area contributed by atoms with Crippen LogP contribution >= 0.6 is 11.8 Å². The van der Waals surface area contributed by atoms with E-state index >= 15 is 0 Å². The Morgan fingerprint density at radius 1 is 1.12 bits per heavy atom. The molecule has 0 unspecified atom stereocenters. The summed E-state index contributed by atoms with van der Waals surface area (Å²) in [7, 11) is 0. The van der Waals surface area contributed by atoms with Crippen LogP contribution in [0.5, 0.6) is 0 Å². The molecule has 2 aromatic carbocycles. The van der Waals surface area contributed by atoms with Crippen LogP contribution in [-0.2, 0) is 11.3 Å². The van der Waals surface area contributed by atoms with Crippen molar-refractivity contribution in [2.45, 2.75) is 18.6 Å². The number of aryl methyl sites for hydroxylation is 1. The summed E-state index contributed by atoms with van der Waals surface area (Å²) in [5, 5.41) is 10.5. The Kier molecular flexibility index (Phi) is 5.28. The second-order valence-corrected chi connectivity index (χ2v) is 6.33. The molecule has 1 amide bonds. The summed E-state index contributed by atoms with van der Waals surface area (Å²) in [5.41, 5.74) is 3.27. The third-order valence-electron chi connectivity index (χ3n) is 3.45. The molecule has 1 heterocycles. The lowest BCUT2D eigenvalue weighted by atomic mass is 10.1. The molecule has 0 atom stereocenters. The third-order valence-corrected chi connectivity index (χ3v) is 4.30. The van der Waals surface area contributed by atoms with E-state index in [-0.39, 0.29) is 11.7 Å². The topological polar surface area (TPSA) is 70.7 Å². The van der Waals surface area contributed by atoms with Crippen LogP contribution in [0, 0.1) is 6.92 Å².